The van der Waals surface area contributed by atoms with Crippen molar-refractivity contribution in [1.82, 2.24) is 20.1 Å². The lowest BCUT2D eigenvalue weighted by Crippen LogP contribution is -2.43. The highest BCUT2D eigenvalue weighted by Gasteiger charge is 2.35. The number of anilines is 1. The predicted octanol–water partition coefficient (Wildman–Crippen LogP) is 1.77. The molecule has 2 bridgehead atoms. The Kier molecular flexibility index (Phi) is 4.35. The van der Waals surface area contributed by atoms with E-state index in [1.54, 1.807) is 16.7 Å². The maximum absolute atomic E-state index is 12.4. The molecule has 0 saturated carbocycles. The van der Waals surface area contributed by atoms with Crippen molar-refractivity contribution in [2.45, 2.75) is 31.6 Å². The third-order valence-corrected chi connectivity index (χ3v) is 5.00. The van der Waals surface area contributed by atoms with Crippen LogP contribution >= 0.6 is 11.6 Å². The Hall–Kier alpha value is -2.12. The summed E-state index contributed by atoms with van der Waals surface area (Å²) in [5, 5.41) is 11.9. The maximum atomic E-state index is 12.4. The molecule has 2 aliphatic rings. The van der Waals surface area contributed by atoms with E-state index in [2.05, 4.69) is 20.4 Å². The van der Waals surface area contributed by atoms with Crippen molar-refractivity contribution in [3.8, 4) is 0 Å². The molecule has 1 aromatic heterocycles. The molecule has 1 N–H and O–H groups in total. The summed E-state index contributed by atoms with van der Waals surface area (Å²) in [7, 11) is 1.82. The zero-order chi connectivity index (χ0) is 17.4. The van der Waals surface area contributed by atoms with Crippen molar-refractivity contribution in [3.63, 3.8) is 0 Å². The van der Waals surface area contributed by atoms with Crippen LogP contribution in [-0.4, -0.2) is 46.0 Å². The van der Waals surface area contributed by atoms with Crippen LogP contribution < -0.4 is 10.2 Å². The number of benzene rings is 1. The Morgan fingerprint density at radius 1 is 1.24 bits per heavy atom. The molecular weight excluding hydrogens is 342 g/mol. The number of rotatable bonds is 4. The molecule has 25 heavy (non-hydrogen) atoms. The van der Waals surface area contributed by atoms with Gasteiger partial charge in [-0.25, -0.2) is 0 Å². The third kappa shape index (κ3) is 3.34. The first kappa shape index (κ1) is 16.4. The standard InChI is InChI=1S/C17H20ClN5O2/c1-22-15(16(24)19-8-11-2-4-12(18)5-3-11)20-21-17(22)23-9-13-6-7-14(10-23)25-13/h2-5,13-14H,6-10H2,1H3,(H,19,24). The number of fused-ring (bicyclic) bond motifs is 2. The lowest BCUT2D eigenvalue weighted by molar-refractivity contribution is 0.0297. The third-order valence-electron chi connectivity index (χ3n) is 4.75. The monoisotopic (exact) mass is 361 g/mol. The summed E-state index contributed by atoms with van der Waals surface area (Å²) in [6.45, 7) is 2.02. The van der Waals surface area contributed by atoms with E-state index < -0.39 is 0 Å². The van der Waals surface area contributed by atoms with Gasteiger partial charge in [-0.2, -0.15) is 0 Å². The van der Waals surface area contributed by atoms with E-state index in [-0.39, 0.29) is 18.1 Å². The van der Waals surface area contributed by atoms with Crippen molar-refractivity contribution in [1.29, 1.82) is 0 Å². The van der Waals surface area contributed by atoms with Gasteiger partial charge in [-0.3, -0.25) is 9.36 Å². The highest BCUT2D eigenvalue weighted by Crippen LogP contribution is 2.28. The molecule has 132 valence electrons. The second-order valence-electron chi connectivity index (χ2n) is 6.55. The second kappa shape index (κ2) is 6.65. The van der Waals surface area contributed by atoms with Crippen LogP contribution in [0.1, 0.15) is 29.0 Å². The van der Waals surface area contributed by atoms with Crippen LogP contribution in [0.3, 0.4) is 0 Å². The van der Waals surface area contributed by atoms with Gasteiger partial charge in [0.05, 0.1) is 12.2 Å². The Labute approximate surface area is 150 Å². The average molecular weight is 362 g/mol. The topological polar surface area (TPSA) is 72.3 Å². The van der Waals surface area contributed by atoms with Crippen LogP contribution in [0.15, 0.2) is 24.3 Å². The summed E-state index contributed by atoms with van der Waals surface area (Å²) in [5.41, 5.74) is 0.977. The van der Waals surface area contributed by atoms with Gasteiger partial charge in [0.25, 0.3) is 5.91 Å². The number of amides is 1. The Morgan fingerprint density at radius 3 is 2.60 bits per heavy atom. The van der Waals surface area contributed by atoms with Crippen molar-refractivity contribution in [3.05, 3.63) is 40.7 Å². The number of nitrogens with one attached hydrogen (secondary N) is 1. The SMILES string of the molecule is Cn1c(C(=O)NCc2ccc(Cl)cc2)nnc1N1CC2CCC(C1)O2. The highest BCUT2D eigenvalue weighted by molar-refractivity contribution is 6.30. The zero-order valence-corrected chi connectivity index (χ0v) is 14.7. The second-order valence-corrected chi connectivity index (χ2v) is 6.99. The molecule has 0 spiro atoms. The van der Waals surface area contributed by atoms with Crippen LogP contribution in [0.25, 0.3) is 0 Å². The molecule has 7 nitrogen and oxygen atoms in total. The molecule has 2 atom stereocenters. The zero-order valence-electron chi connectivity index (χ0n) is 14.0. The molecule has 3 heterocycles. The maximum Gasteiger partial charge on any atom is 0.289 e. The number of aromatic nitrogens is 3. The first-order valence-corrected chi connectivity index (χ1v) is 8.80. The van der Waals surface area contributed by atoms with E-state index in [4.69, 9.17) is 16.3 Å². The first-order valence-electron chi connectivity index (χ1n) is 8.42. The van der Waals surface area contributed by atoms with Gasteiger partial charge in [0.1, 0.15) is 0 Å². The number of ether oxygens (including phenoxy) is 1. The van der Waals surface area contributed by atoms with E-state index in [9.17, 15) is 4.79 Å². The van der Waals surface area contributed by atoms with Crippen molar-refractivity contribution >= 4 is 23.5 Å². The fraction of sp³-hybridized carbons (Fsp3) is 0.471. The summed E-state index contributed by atoms with van der Waals surface area (Å²) < 4.78 is 7.60. The summed E-state index contributed by atoms with van der Waals surface area (Å²) in [6.07, 6.45) is 2.70. The molecule has 4 rings (SSSR count). The molecule has 2 fully saturated rings. The van der Waals surface area contributed by atoms with Gasteiger partial charge in [0, 0.05) is 31.7 Å². The molecule has 0 radical (unpaired) electrons. The molecule has 2 unspecified atom stereocenters. The number of carbonyl (C=O) groups is 1. The Balaban J connectivity index is 1.43. The van der Waals surface area contributed by atoms with Gasteiger partial charge < -0.3 is 15.0 Å². The highest BCUT2D eigenvalue weighted by atomic mass is 35.5. The summed E-state index contributed by atoms with van der Waals surface area (Å²) in [5.74, 6) is 0.784. The average Bonchev–Trinajstić information content (AvgIpc) is 3.16. The van der Waals surface area contributed by atoms with Gasteiger partial charge in [-0.05, 0) is 30.5 Å². The minimum Gasteiger partial charge on any atom is -0.371 e. The number of hydrogen-bond acceptors (Lipinski definition) is 5. The van der Waals surface area contributed by atoms with Gasteiger partial charge >= 0.3 is 0 Å². The number of hydrogen-bond donors (Lipinski definition) is 1. The minimum absolute atomic E-state index is 0.243. The van der Waals surface area contributed by atoms with E-state index in [1.165, 1.54) is 0 Å². The largest absolute Gasteiger partial charge is 0.371 e. The quantitative estimate of drug-likeness (QED) is 0.898. The van der Waals surface area contributed by atoms with Crippen molar-refractivity contribution in [2.24, 2.45) is 7.05 Å². The fourth-order valence-corrected chi connectivity index (χ4v) is 3.56. The van der Waals surface area contributed by atoms with Crippen LogP contribution in [-0.2, 0) is 18.3 Å². The predicted molar refractivity (Wildman–Crippen MR) is 93.7 cm³/mol. The number of morpholine rings is 1. The Morgan fingerprint density at radius 2 is 1.92 bits per heavy atom. The molecule has 2 saturated heterocycles. The van der Waals surface area contributed by atoms with Crippen LogP contribution in [0.2, 0.25) is 5.02 Å². The summed E-state index contributed by atoms with van der Waals surface area (Å²) >= 11 is 5.87. The number of carbonyl (C=O) groups excluding carboxylic acids is 1. The first-order chi connectivity index (χ1) is 12.1. The Bertz CT molecular complexity index is 764. The smallest absolute Gasteiger partial charge is 0.289 e. The summed E-state index contributed by atoms with van der Waals surface area (Å²) in [6, 6.07) is 7.37. The normalized spacial score (nSPS) is 22.2. The van der Waals surface area contributed by atoms with Crippen LogP contribution in [0.5, 0.6) is 0 Å². The molecule has 2 aliphatic heterocycles. The lowest BCUT2D eigenvalue weighted by Gasteiger charge is -2.32. The molecule has 1 aromatic carbocycles. The van der Waals surface area contributed by atoms with Crippen molar-refractivity contribution in [2.75, 3.05) is 18.0 Å². The van der Waals surface area contributed by atoms with Crippen LogP contribution in [0, 0.1) is 0 Å². The van der Waals surface area contributed by atoms with Crippen molar-refractivity contribution < 1.29 is 9.53 Å². The molecule has 0 aliphatic carbocycles. The summed E-state index contributed by atoms with van der Waals surface area (Å²) in [4.78, 5) is 14.6. The van der Waals surface area contributed by atoms with E-state index in [1.807, 2.05) is 19.2 Å². The molecular formula is C17H20ClN5O2. The number of halogens is 1. The van der Waals surface area contributed by atoms with E-state index >= 15 is 0 Å². The molecule has 8 heteroatoms. The molecule has 1 amide bonds. The van der Waals surface area contributed by atoms with Gasteiger partial charge in [-0.15, -0.1) is 10.2 Å². The van der Waals surface area contributed by atoms with Gasteiger partial charge in [-0.1, -0.05) is 23.7 Å². The van der Waals surface area contributed by atoms with E-state index in [0.29, 0.717) is 17.4 Å². The number of nitrogens with zero attached hydrogens (tertiary/aromatic N) is 4. The lowest BCUT2D eigenvalue weighted by atomic mass is 10.2. The van der Waals surface area contributed by atoms with Gasteiger partial charge in [0.15, 0.2) is 0 Å². The van der Waals surface area contributed by atoms with Crippen LogP contribution in [0.4, 0.5) is 5.95 Å². The van der Waals surface area contributed by atoms with Gasteiger partial charge in [0.2, 0.25) is 11.8 Å². The minimum atomic E-state index is -0.243. The van der Waals surface area contributed by atoms with E-state index in [0.717, 1.165) is 37.4 Å². The fourth-order valence-electron chi connectivity index (χ4n) is 3.44. The molecule has 2 aromatic rings.